The number of fused-ring (bicyclic) bond motifs is 2. The predicted octanol–water partition coefficient (Wildman–Crippen LogP) is 4.13. The number of nitrogens with one attached hydrogen (secondary N) is 1. The molecule has 0 radical (unpaired) electrons. The summed E-state index contributed by atoms with van der Waals surface area (Å²) >= 11 is 0. The summed E-state index contributed by atoms with van der Waals surface area (Å²) in [6.07, 6.45) is 6.47. The van der Waals surface area contributed by atoms with Gasteiger partial charge in [-0.05, 0) is 50.5 Å². The number of hydrogen-bond donors (Lipinski definition) is 1. The van der Waals surface area contributed by atoms with E-state index in [1.54, 1.807) is 0 Å². The average molecular weight is 376 g/mol. The van der Waals surface area contributed by atoms with Crippen LogP contribution in [0.25, 0.3) is 0 Å². The van der Waals surface area contributed by atoms with Crippen LogP contribution in [-0.2, 0) is 9.47 Å². The molecule has 6 nitrogen and oxygen atoms in total. The van der Waals surface area contributed by atoms with Crippen molar-refractivity contribution >= 4 is 5.90 Å². The van der Waals surface area contributed by atoms with Gasteiger partial charge in [-0.25, -0.2) is 0 Å². The van der Waals surface area contributed by atoms with Gasteiger partial charge >= 0.3 is 0 Å². The quantitative estimate of drug-likeness (QED) is 0.728. The molecule has 144 valence electrons. The maximum Gasteiger partial charge on any atom is 0.218 e. The van der Waals surface area contributed by atoms with E-state index in [1.807, 2.05) is 6.92 Å². The zero-order valence-electron chi connectivity index (χ0n) is 16.1. The fourth-order valence-corrected chi connectivity index (χ4v) is 5.72. The number of nitrogens with zero attached hydrogens (tertiary/aromatic N) is 3. The van der Waals surface area contributed by atoms with Crippen LogP contribution >= 0.6 is 0 Å². The van der Waals surface area contributed by atoms with Crippen LogP contribution < -0.4 is 0 Å². The standard InChI is InChI=1S/C22H24N4O2/c1-14(2)15-6-8-16(9-7-15)18-21(13-25)19(26)28-22(27-18)10-4-3-5-17(22)20(21,11-23)12-24/h8,15,17-18,26H,1,3-7,9-10H2,2H3. The molecule has 4 fully saturated rings. The molecule has 6 heteroatoms. The maximum absolute atomic E-state index is 10.3. The third kappa shape index (κ3) is 2.06. The molecule has 0 aromatic rings. The molecular weight excluding hydrogens is 352 g/mol. The highest BCUT2D eigenvalue weighted by Gasteiger charge is 2.80. The molecule has 5 atom stereocenters. The second-order valence-electron chi connectivity index (χ2n) is 8.59. The van der Waals surface area contributed by atoms with Crippen molar-refractivity contribution in [3.05, 3.63) is 23.8 Å². The number of rotatable bonds is 2. The molecule has 2 aliphatic carbocycles. The van der Waals surface area contributed by atoms with Crippen LogP contribution in [0.5, 0.6) is 0 Å². The predicted molar refractivity (Wildman–Crippen MR) is 100 cm³/mol. The van der Waals surface area contributed by atoms with E-state index in [-0.39, 0.29) is 5.90 Å². The van der Waals surface area contributed by atoms with E-state index in [0.29, 0.717) is 25.2 Å². The van der Waals surface area contributed by atoms with Gasteiger partial charge in [0, 0.05) is 6.42 Å². The molecule has 3 aliphatic heterocycles. The Hall–Kier alpha value is -2.62. The average Bonchev–Trinajstić information content (AvgIpc) is 2.72. The molecule has 3 heterocycles. The van der Waals surface area contributed by atoms with Crippen LogP contribution in [0.1, 0.15) is 51.9 Å². The van der Waals surface area contributed by atoms with Crippen molar-refractivity contribution < 1.29 is 9.47 Å². The van der Waals surface area contributed by atoms with Gasteiger partial charge in [0.2, 0.25) is 11.7 Å². The Labute approximate surface area is 165 Å². The smallest absolute Gasteiger partial charge is 0.218 e. The second kappa shape index (κ2) is 6.20. The minimum atomic E-state index is -1.73. The minimum Gasteiger partial charge on any atom is -0.447 e. The fraction of sp³-hybridized carbons (Fsp3) is 0.636. The Morgan fingerprint density at radius 1 is 1.21 bits per heavy atom. The molecule has 0 aromatic heterocycles. The molecule has 5 unspecified atom stereocenters. The molecule has 0 amide bonds. The van der Waals surface area contributed by atoms with Gasteiger partial charge in [-0.2, -0.15) is 15.8 Å². The molecule has 5 rings (SSSR count). The summed E-state index contributed by atoms with van der Waals surface area (Å²) in [6.45, 7) is 6.06. The third-order valence-electron chi connectivity index (χ3n) is 7.30. The lowest BCUT2D eigenvalue weighted by molar-refractivity contribution is -0.350. The number of nitriles is 3. The van der Waals surface area contributed by atoms with Gasteiger partial charge in [0.05, 0.1) is 24.1 Å². The van der Waals surface area contributed by atoms with Gasteiger partial charge in [-0.3, -0.25) is 5.41 Å². The third-order valence-corrected chi connectivity index (χ3v) is 7.30. The van der Waals surface area contributed by atoms with Crippen molar-refractivity contribution in [2.45, 2.75) is 63.8 Å². The molecule has 5 aliphatic rings. The van der Waals surface area contributed by atoms with Crippen molar-refractivity contribution in [2.75, 3.05) is 0 Å². The van der Waals surface area contributed by atoms with Gasteiger partial charge in [0.15, 0.2) is 10.8 Å². The summed E-state index contributed by atoms with van der Waals surface area (Å²) in [6, 6.07) is 6.55. The van der Waals surface area contributed by atoms with Gasteiger partial charge in [-0.1, -0.05) is 24.6 Å². The number of allylic oxidation sites excluding steroid dienone is 2. The van der Waals surface area contributed by atoms with Crippen LogP contribution in [0.15, 0.2) is 23.8 Å². The van der Waals surface area contributed by atoms with Crippen LogP contribution in [0.4, 0.5) is 0 Å². The van der Waals surface area contributed by atoms with Crippen LogP contribution in [0.2, 0.25) is 0 Å². The normalized spacial score (nSPS) is 40.7. The molecular formula is C22H24N4O2. The molecule has 0 aromatic carbocycles. The summed E-state index contributed by atoms with van der Waals surface area (Å²) in [7, 11) is 0. The van der Waals surface area contributed by atoms with Crippen LogP contribution in [0, 0.1) is 62.1 Å². The molecule has 1 N–H and O–H groups in total. The zero-order valence-corrected chi connectivity index (χ0v) is 16.1. The molecule has 3 saturated heterocycles. The lowest BCUT2D eigenvalue weighted by atomic mass is 9.48. The van der Waals surface area contributed by atoms with Gasteiger partial charge in [0.1, 0.15) is 6.10 Å². The van der Waals surface area contributed by atoms with E-state index in [0.717, 1.165) is 36.8 Å². The first-order chi connectivity index (χ1) is 13.4. The Morgan fingerprint density at radius 3 is 2.54 bits per heavy atom. The van der Waals surface area contributed by atoms with E-state index in [9.17, 15) is 15.8 Å². The van der Waals surface area contributed by atoms with E-state index in [2.05, 4.69) is 30.9 Å². The van der Waals surface area contributed by atoms with E-state index in [4.69, 9.17) is 14.9 Å². The Morgan fingerprint density at radius 2 is 1.96 bits per heavy atom. The van der Waals surface area contributed by atoms with Gasteiger partial charge in [0.25, 0.3) is 0 Å². The fourth-order valence-electron chi connectivity index (χ4n) is 5.72. The topological polar surface area (TPSA) is 114 Å². The first kappa shape index (κ1) is 18.7. The summed E-state index contributed by atoms with van der Waals surface area (Å²) < 4.78 is 12.4. The van der Waals surface area contributed by atoms with Gasteiger partial charge < -0.3 is 9.47 Å². The van der Waals surface area contributed by atoms with Crippen LogP contribution in [0.3, 0.4) is 0 Å². The Balaban J connectivity index is 1.87. The largest absolute Gasteiger partial charge is 0.447 e. The van der Waals surface area contributed by atoms with E-state index >= 15 is 0 Å². The SMILES string of the molecule is C=C(C)C1CC=C(C2OC34CCCCC3C(C#N)(C#N)C2(C#N)C(=N)O4)CC1. The summed E-state index contributed by atoms with van der Waals surface area (Å²) in [5.74, 6) is -1.58. The highest BCUT2D eigenvalue weighted by Crippen LogP contribution is 2.67. The first-order valence-electron chi connectivity index (χ1n) is 9.94. The molecule has 28 heavy (non-hydrogen) atoms. The first-order valence-corrected chi connectivity index (χ1v) is 9.94. The highest BCUT2D eigenvalue weighted by atomic mass is 16.7. The van der Waals surface area contributed by atoms with E-state index in [1.165, 1.54) is 0 Å². The summed E-state index contributed by atoms with van der Waals surface area (Å²) in [5.41, 5.74) is -1.35. The Kier molecular flexibility index (Phi) is 4.14. The summed E-state index contributed by atoms with van der Waals surface area (Å²) in [4.78, 5) is 0. The monoisotopic (exact) mass is 376 g/mol. The van der Waals surface area contributed by atoms with Crippen molar-refractivity contribution in [1.29, 1.82) is 21.2 Å². The lowest BCUT2D eigenvalue weighted by Crippen LogP contribution is -2.76. The second-order valence-corrected chi connectivity index (χ2v) is 8.59. The number of ether oxygens (including phenoxy) is 2. The molecule has 1 spiro atoms. The van der Waals surface area contributed by atoms with Gasteiger partial charge in [-0.15, -0.1) is 0 Å². The van der Waals surface area contributed by atoms with Crippen molar-refractivity contribution in [3.63, 3.8) is 0 Å². The van der Waals surface area contributed by atoms with Crippen molar-refractivity contribution in [2.24, 2.45) is 22.7 Å². The van der Waals surface area contributed by atoms with Crippen molar-refractivity contribution in [3.8, 4) is 18.2 Å². The van der Waals surface area contributed by atoms with Crippen LogP contribution in [-0.4, -0.2) is 17.8 Å². The zero-order chi connectivity index (χ0) is 20.2. The lowest BCUT2D eigenvalue weighted by Gasteiger charge is -2.64. The molecule has 1 saturated carbocycles. The maximum atomic E-state index is 10.3. The van der Waals surface area contributed by atoms with E-state index < -0.39 is 28.6 Å². The minimum absolute atomic E-state index is 0.282. The number of hydrogen-bond acceptors (Lipinski definition) is 6. The van der Waals surface area contributed by atoms with Crippen molar-refractivity contribution in [1.82, 2.24) is 0 Å². The Bertz CT molecular complexity index is 887. The highest BCUT2D eigenvalue weighted by molar-refractivity contribution is 5.89. The summed E-state index contributed by atoms with van der Waals surface area (Å²) in [5, 5.41) is 39.2. The molecule has 2 bridgehead atoms.